The molecule has 2 rings (SSSR count). The van der Waals surface area contributed by atoms with Gasteiger partial charge in [0.15, 0.2) is 5.82 Å². The lowest BCUT2D eigenvalue weighted by Gasteiger charge is -2.14. The second kappa shape index (κ2) is 6.39. The molecule has 4 nitrogen and oxygen atoms in total. The Morgan fingerprint density at radius 1 is 1.29 bits per heavy atom. The van der Waals surface area contributed by atoms with Crippen LogP contribution in [0.1, 0.15) is 32.5 Å². The number of hydrogen-bond acceptors (Lipinski definition) is 5. The van der Waals surface area contributed by atoms with Gasteiger partial charge in [-0.15, -0.1) is 11.8 Å². The van der Waals surface area contributed by atoms with Gasteiger partial charge < -0.3 is 4.52 Å². The van der Waals surface area contributed by atoms with Crippen LogP contribution in [0.2, 0.25) is 0 Å². The van der Waals surface area contributed by atoms with Gasteiger partial charge in [0.2, 0.25) is 5.89 Å². The summed E-state index contributed by atoms with van der Waals surface area (Å²) in [4.78, 5) is 17.0. The van der Waals surface area contributed by atoms with Crippen molar-refractivity contribution in [2.75, 3.05) is 0 Å². The number of aromatic nitrogens is 2. The van der Waals surface area contributed by atoms with Crippen LogP contribution in [0.3, 0.4) is 0 Å². The number of benzene rings is 1. The topological polar surface area (TPSA) is 56.0 Å². The average Bonchev–Trinajstić information content (AvgIpc) is 2.85. The third-order valence-electron chi connectivity index (χ3n) is 2.84. The fourth-order valence-corrected chi connectivity index (χ4v) is 2.24. The van der Waals surface area contributed by atoms with E-state index < -0.39 is 5.41 Å². The second-order valence-electron chi connectivity index (χ2n) is 5.70. The summed E-state index contributed by atoms with van der Waals surface area (Å²) in [5, 5.41) is 3.85. The average molecular weight is 308 g/mol. The molecular weight excluding hydrogens is 291 g/mol. The van der Waals surface area contributed by atoms with Crippen molar-refractivity contribution in [3.8, 4) is 0 Å². The van der Waals surface area contributed by atoms with Crippen LogP contribution in [0.5, 0.6) is 0 Å². The number of Topliss-reactive ketones (excluding diaryl/α,β-unsaturated/α-hetero) is 1. The largest absolute Gasteiger partial charge is 0.339 e. The van der Waals surface area contributed by atoms with Gasteiger partial charge >= 0.3 is 0 Å². The molecule has 0 radical (unpaired) electrons. The Balaban J connectivity index is 1.91. The third-order valence-corrected chi connectivity index (χ3v) is 3.85. The van der Waals surface area contributed by atoms with Crippen molar-refractivity contribution in [1.29, 1.82) is 0 Å². The van der Waals surface area contributed by atoms with E-state index in [1.807, 2.05) is 20.8 Å². The van der Waals surface area contributed by atoms with E-state index in [1.165, 1.54) is 23.9 Å². The first kappa shape index (κ1) is 15.7. The first-order chi connectivity index (χ1) is 9.84. The molecule has 0 amide bonds. The number of rotatable bonds is 5. The zero-order valence-corrected chi connectivity index (χ0v) is 13.0. The minimum absolute atomic E-state index is 0.0592. The predicted molar refractivity (Wildman–Crippen MR) is 78.4 cm³/mol. The fraction of sp³-hybridized carbons (Fsp3) is 0.400. The van der Waals surface area contributed by atoms with Gasteiger partial charge in [-0.05, 0) is 24.3 Å². The van der Waals surface area contributed by atoms with E-state index in [0.29, 0.717) is 17.5 Å². The Morgan fingerprint density at radius 2 is 1.95 bits per heavy atom. The summed E-state index contributed by atoms with van der Waals surface area (Å²) >= 11 is 1.48. The Labute approximate surface area is 127 Å². The maximum atomic E-state index is 12.8. The maximum absolute atomic E-state index is 12.8. The predicted octanol–water partition coefficient (Wildman–Crippen LogP) is 3.66. The van der Waals surface area contributed by atoms with E-state index in [1.54, 1.807) is 12.1 Å². The lowest BCUT2D eigenvalue weighted by Crippen LogP contribution is -2.22. The van der Waals surface area contributed by atoms with Gasteiger partial charge in [-0.3, -0.25) is 4.79 Å². The molecule has 0 saturated heterocycles. The van der Waals surface area contributed by atoms with E-state index in [0.717, 1.165) is 4.90 Å². The van der Waals surface area contributed by atoms with Crippen LogP contribution in [0.25, 0.3) is 0 Å². The fourth-order valence-electron chi connectivity index (χ4n) is 1.50. The standard InChI is InChI=1S/C15H17FN2O2S/c1-15(2,3)12(19)8-14-17-13(18-20-14)9-21-11-6-4-10(16)5-7-11/h4-7H,8-9H2,1-3H3. The number of nitrogens with zero attached hydrogens (tertiary/aromatic N) is 2. The molecule has 21 heavy (non-hydrogen) atoms. The highest BCUT2D eigenvalue weighted by Gasteiger charge is 2.23. The summed E-state index contributed by atoms with van der Waals surface area (Å²) in [6.45, 7) is 5.57. The number of ketones is 1. The molecule has 6 heteroatoms. The van der Waals surface area contributed by atoms with Crippen LogP contribution in [-0.2, 0) is 17.0 Å². The molecule has 1 aromatic carbocycles. The molecule has 0 atom stereocenters. The van der Waals surface area contributed by atoms with E-state index in [9.17, 15) is 9.18 Å². The molecule has 112 valence electrons. The van der Waals surface area contributed by atoms with Crippen molar-refractivity contribution in [2.24, 2.45) is 5.41 Å². The summed E-state index contributed by atoms with van der Waals surface area (Å²) in [5.41, 5.74) is -0.419. The molecular formula is C15H17FN2O2S. The monoisotopic (exact) mass is 308 g/mol. The Morgan fingerprint density at radius 3 is 2.57 bits per heavy atom. The van der Waals surface area contributed by atoms with Gasteiger partial charge in [0.1, 0.15) is 11.6 Å². The first-order valence-electron chi connectivity index (χ1n) is 6.58. The summed E-state index contributed by atoms with van der Waals surface area (Å²) in [5.74, 6) is 1.18. The van der Waals surface area contributed by atoms with Gasteiger partial charge in [-0.2, -0.15) is 4.98 Å². The molecule has 0 aliphatic carbocycles. The third kappa shape index (κ3) is 4.67. The van der Waals surface area contributed by atoms with Gasteiger partial charge in [0, 0.05) is 10.3 Å². The SMILES string of the molecule is CC(C)(C)C(=O)Cc1nc(CSc2ccc(F)cc2)no1. The van der Waals surface area contributed by atoms with Crippen molar-refractivity contribution in [3.05, 3.63) is 41.8 Å². The van der Waals surface area contributed by atoms with Crippen LogP contribution in [0.4, 0.5) is 4.39 Å². The molecule has 0 N–H and O–H groups in total. The molecule has 1 aromatic heterocycles. The molecule has 0 aliphatic rings. The Hall–Kier alpha value is -1.69. The Kier molecular flexibility index (Phi) is 4.77. The van der Waals surface area contributed by atoms with Gasteiger partial charge in [0.25, 0.3) is 0 Å². The van der Waals surface area contributed by atoms with E-state index >= 15 is 0 Å². The lowest BCUT2D eigenvalue weighted by molar-refractivity contribution is -0.125. The molecule has 0 saturated carbocycles. The highest BCUT2D eigenvalue weighted by Crippen LogP contribution is 2.22. The molecule has 0 unspecified atom stereocenters. The number of carbonyl (C=O) groups is 1. The number of hydrogen-bond donors (Lipinski definition) is 0. The number of carbonyl (C=O) groups excluding carboxylic acids is 1. The summed E-state index contributed by atoms with van der Waals surface area (Å²) in [7, 11) is 0. The summed E-state index contributed by atoms with van der Waals surface area (Å²) < 4.78 is 17.9. The smallest absolute Gasteiger partial charge is 0.234 e. The minimum atomic E-state index is -0.419. The first-order valence-corrected chi connectivity index (χ1v) is 7.56. The minimum Gasteiger partial charge on any atom is -0.339 e. The molecule has 1 heterocycles. The van der Waals surface area contributed by atoms with E-state index in [4.69, 9.17) is 4.52 Å². The van der Waals surface area contributed by atoms with Gasteiger partial charge in [-0.25, -0.2) is 4.39 Å². The van der Waals surface area contributed by atoms with Crippen molar-refractivity contribution >= 4 is 17.5 Å². The van der Waals surface area contributed by atoms with Gasteiger partial charge in [0.05, 0.1) is 12.2 Å². The van der Waals surface area contributed by atoms with E-state index in [2.05, 4.69) is 10.1 Å². The van der Waals surface area contributed by atoms with Gasteiger partial charge in [-0.1, -0.05) is 25.9 Å². The lowest BCUT2D eigenvalue weighted by atomic mass is 9.89. The van der Waals surface area contributed by atoms with E-state index in [-0.39, 0.29) is 18.0 Å². The summed E-state index contributed by atoms with van der Waals surface area (Å²) in [6, 6.07) is 6.21. The highest BCUT2D eigenvalue weighted by molar-refractivity contribution is 7.98. The molecule has 0 fully saturated rings. The van der Waals surface area contributed by atoms with Crippen molar-refractivity contribution in [3.63, 3.8) is 0 Å². The van der Waals surface area contributed by atoms with Crippen LogP contribution in [0.15, 0.2) is 33.7 Å². The summed E-state index contributed by atoms with van der Waals surface area (Å²) in [6.07, 6.45) is 0.151. The Bertz CT molecular complexity index is 617. The number of halogens is 1. The van der Waals surface area contributed by atoms with Crippen LogP contribution >= 0.6 is 11.8 Å². The molecule has 0 spiro atoms. The number of thioether (sulfide) groups is 1. The quantitative estimate of drug-likeness (QED) is 0.789. The molecule has 0 aliphatic heterocycles. The van der Waals surface area contributed by atoms with Crippen molar-refractivity contribution in [2.45, 2.75) is 37.8 Å². The van der Waals surface area contributed by atoms with Crippen molar-refractivity contribution < 1.29 is 13.7 Å². The molecule has 2 aromatic rings. The molecule has 0 bridgehead atoms. The zero-order valence-electron chi connectivity index (χ0n) is 12.2. The second-order valence-corrected chi connectivity index (χ2v) is 6.75. The van der Waals surface area contributed by atoms with Crippen LogP contribution in [-0.4, -0.2) is 15.9 Å². The van der Waals surface area contributed by atoms with Crippen LogP contribution in [0, 0.1) is 11.2 Å². The maximum Gasteiger partial charge on any atom is 0.234 e. The van der Waals surface area contributed by atoms with Crippen molar-refractivity contribution in [1.82, 2.24) is 10.1 Å². The highest BCUT2D eigenvalue weighted by atomic mass is 32.2. The normalized spacial score (nSPS) is 11.6. The van der Waals surface area contributed by atoms with Crippen LogP contribution < -0.4 is 0 Å². The zero-order chi connectivity index (χ0) is 15.5.